The van der Waals surface area contributed by atoms with Gasteiger partial charge in [0.1, 0.15) is 0 Å². The number of allylic oxidation sites excluding steroid dienone is 2. The number of benzene rings is 1. The molecule has 0 aliphatic carbocycles. The number of methoxy groups -OCH3 is 1. The molecule has 2 nitrogen and oxygen atoms in total. The Morgan fingerprint density at radius 1 is 1.29 bits per heavy atom. The van der Waals surface area contributed by atoms with Crippen LogP contribution in [0.1, 0.15) is 6.92 Å². The lowest BCUT2D eigenvalue weighted by molar-refractivity contribution is -0.134. The van der Waals surface area contributed by atoms with Gasteiger partial charge < -0.3 is 4.74 Å². The molecule has 1 rings (SSSR count). The van der Waals surface area contributed by atoms with Crippen molar-refractivity contribution >= 4 is 17.7 Å². The average molecular weight is 248 g/mol. The largest absolute Gasteiger partial charge is 0.466 e. The number of ether oxygens (including phenoxy) is 1. The molecule has 0 spiro atoms. The summed E-state index contributed by atoms with van der Waals surface area (Å²) in [6.45, 7) is 1.96. The molecule has 1 aromatic rings. The number of hydrogen-bond donors (Lipinski definition) is 0. The summed E-state index contributed by atoms with van der Waals surface area (Å²) in [6, 6.07) is 10.2. The Labute approximate surface area is 106 Å². The number of thioether (sulfide) groups is 1. The number of carbonyl (C=O) groups excluding carboxylic acids is 1. The molecule has 0 atom stereocenters. The van der Waals surface area contributed by atoms with E-state index in [4.69, 9.17) is 0 Å². The molecule has 0 aliphatic heterocycles. The number of carbonyl (C=O) groups is 1. The first-order chi connectivity index (χ1) is 8.22. The van der Waals surface area contributed by atoms with Crippen LogP contribution in [0.2, 0.25) is 0 Å². The zero-order valence-corrected chi connectivity index (χ0v) is 10.9. The fraction of sp³-hybridized carbons (Fsp3) is 0.214. The fourth-order valence-corrected chi connectivity index (χ4v) is 2.01. The maximum absolute atomic E-state index is 10.9. The predicted octanol–water partition coefficient (Wildman–Crippen LogP) is 3.45. The van der Waals surface area contributed by atoms with Crippen LogP contribution in [-0.4, -0.2) is 18.8 Å². The quantitative estimate of drug-likeness (QED) is 0.345. The van der Waals surface area contributed by atoms with E-state index in [0.29, 0.717) is 0 Å². The minimum Gasteiger partial charge on any atom is -0.466 e. The van der Waals surface area contributed by atoms with Crippen molar-refractivity contribution in [2.24, 2.45) is 0 Å². The van der Waals surface area contributed by atoms with Crippen LogP contribution in [0, 0.1) is 0 Å². The molecule has 1 aromatic carbocycles. The number of esters is 1. The van der Waals surface area contributed by atoms with Crippen LogP contribution < -0.4 is 0 Å². The summed E-state index contributed by atoms with van der Waals surface area (Å²) in [5.74, 6) is 0.565. The third-order valence-corrected chi connectivity index (χ3v) is 3.02. The number of hydrogen-bond acceptors (Lipinski definition) is 3. The van der Waals surface area contributed by atoms with E-state index in [0.717, 1.165) is 11.3 Å². The van der Waals surface area contributed by atoms with E-state index in [1.165, 1.54) is 18.1 Å². The molecular weight excluding hydrogens is 232 g/mol. The summed E-state index contributed by atoms with van der Waals surface area (Å²) in [4.78, 5) is 12.1. The summed E-state index contributed by atoms with van der Waals surface area (Å²) >= 11 is 1.76. The first kappa shape index (κ1) is 13.6. The van der Waals surface area contributed by atoms with Gasteiger partial charge in [0.05, 0.1) is 7.11 Å². The Bertz CT molecular complexity index is 407. The maximum Gasteiger partial charge on any atom is 0.330 e. The van der Waals surface area contributed by atoms with Crippen molar-refractivity contribution in [1.29, 1.82) is 0 Å². The first-order valence-corrected chi connectivity index (χ1v) is 6.31. The zero-order chi connectivity index (χ0) is 12.5. The van der Waals surface area contributed by atoms with Gasteiger partial charge in [0.2, 0.25) is 0 Å². The Hall–Kier alpha value is -1.48. The van der Waals surface area contributed by atoms with Crippen molar-refractivity contribution in [3.05, 3.63) is 54.1 Å². The van der Waals surface area contributed by atoms with E-state index in [1.54, 1.807) is 17.8 Å². The van der Waals surface area contributed by atoms with Crippen molar-refractivity contribution in [2.75, 3.05) is 12.9 Å². The molecule has 0 N–H and O–H groups in total. The van der Waals surface area contributed by atoms with Gasteiger partial charge in [-0.25, -0.2) is 4.79 Å². The lowest BCUT2D eigenvalue weighted by atomic mass is 10.3. The molecule has 0 aromatic heterocycles. The Kier molecular flexibility index (Phi) is 6.18. The lowest BCUT2D eigenvalue weighted by Gasteiger charge is -1.97. The lowest BCUT2D eigenvalue weighted by Crippen LogP contribution is -1.93. The Balaban J connectivity index is 2.38. The van der Waals surface area contributed by atoms with Crippen LogP contribution in [0.5, 0.6) is 0 Å². The van der Waals surface area contributed by atoms with Gasteiger partial charge in [-0.15, -0.1) is 11.8 Å². The monoisotopic (exact) mass is 248 g/mol. The second kappa shape index (κ2) is 7.74. The van der Waals surface area contributed by atoms with Crippen LogP contribution in [0.15, 0.2) is 59.0 Å². The predicted molar refractivity (Wildman–Crippen MR) is 72.1 cm³/mol. The highest BCUT2D eigenvalue weighted by atomic mass is 32.2. The minimum atomic E-state index is -0.325. The number of rotatable bonds is 5. The SMILES string of the molecule is COC(=O)/C=C/C(C)=C/CSc1ccccc1. The van der Waals surface area contributed by atoms with Gasteiger partial charge in [0.15, 0.2) is 0 Å². The molecule has 0 unspecified atom stereocenters. The van der Waals surface area contributed by atoms with E-state index in [9.17, 15) is 4.79 Å². The summed E-state index contributed by atoms with van der Waals surface area (Å²) in [5.41, 5.74) is 1.05. The van der Waals surface area contributed by atoms with E-state index in [2.05, 4.69) is 22.9 Å². The van der Waals surface area contributed by atoms with E-state index in [-0.39, 0.29) is 5.97 Å². The van der Waals surface area contributed by atoms with Crippen LogP contribution in [0.25, 0.3) is 0 Å². The molecule has 0 heterocycles. The third-order valence-electron chi connectivity index (χ3n) is 2.08. The van der Waals surface area contributed by atoms with Gasteiger partial charge in [0.25, 0.3) is 0 Å². The highest BCUT2D eigenvalue weighted by molar-refractivity contribution is 7.99. The third kappa shape index (κ3) is 5.97. The van der Waals surface area contributed by atoms with Crippen LogP contribution in [0.4, 0.5) is 0 Å². The average Bonchev–Trinajstić information content (AvgIpc) is 2.37. The van der Waals surface area contributed by atoms with Gasteiger partial charge in [0, 0.05) is 16.7 Å². The van der Waals surface area contributed by atoms with Gasteiger partial charge in [-0.3, -0.25) is 0 Å². The van der Waals surface area contributed by atoms with Gasteiger partial charge in [-0.2, -0.15) is 0 Å². The molecule has 3 heteroatoms. The molecule has 0 radical (unpaired) electrons. The van der Waals surface area contributed by atoms with E-state index >= 15 is 0 Å². The van der Waals surface area contributed by atoms with Crippen LogP contribution >= 0.6 is 11.8 Å². The molecule has 0 bridgehead atoms. The fourth-order valence-electron chi connectivity index (χ4n) is 1.12. The first-order valence-electron chi connectivity index (χ1n) is 5.33. The normalized spacial score (nSPS) is 11.8. The van der Waals surface area contributed by atoms with Crippen molar-refractivity contribution in [3.8, 4) is 0 Å². The Morgan fingerprint density at radius 3 is 2.65 bits per heavy atom. The highest BCUT2D eigenvalue weighted by Crippen LogP contribution is 2.17. The van der Waals surface area contributed by atoms with Gasteiger partial charge in [-0.05, 0) is 19.1 Å². The molecule has 0 saturated carbocycles. The summed E-state index contributed by atoms with van der Waals surface area (Å²) in [7, 11) is 1.37. The minimum absolute atomic E-state index is 0.325. The van der Waals surface area contributed by atoms with Crippen molar-refractivity contribution < 1.29 is 9.53 Å². The van der Waals surface area contributed by atoms with E-state index in [1.807, 2.05) is 25.1 Å². The van der Waals surface area contributed by atoms with Crippen LogP contribution in [0.3, 0.4) is 0 Å². The second-order valence-electron chi connectivity index (χ2n) is 3.43. The second-order valence-corrected chi connectivity index (χ2v) is 4.52. The van der Waals surface area contributed by atoms with Crippen molar-refractivity contribution in [2.45, 2.75) is 11.8 Å². The van der Waals surface area contributed by atoms with E-state index < -0.39 is 0 Å². The molecule has 0 fully saturated rings. The summed E-state index contributed by atoms with van der Waals surface area (Å²) < 4.78 is 4.52. The van der Waals surface area contributed by atoms with Crippen LogP contribution in [-0.2, 0) is 9.53 Å². The van der Waals surface area contributed by atoms with Crippen molar-refractivity contribution in [1.82, 2.24) is 0 Å². The topological polar surface area (TPSA) is 26.3 Å². The molecule has 0 aliphatic rings. The zero-order valence-electron chi connectivity index (χ0n) is 10.1. The van der Waals surface area contributed by atoms with Gasteiger partial charge >= 0.3 is 5.97 Å². The molecule has 0 saturated heterocycles. The smallest absolute Gasteiger partial charge is 0.330 e. The maximum atomic E-state index is 10.9. The summed E-state index contributed by atoms with van der Waals surface area (Å²) in [5, 5.41) is 0. The standard InChI is InChI=1S/C14H16O2S/c1-12(8-9-14(15)16-2)10-11-17-13-6-4-3-5-7-13/h3-10H,11H2,1-2H3/b9-8+,12-10+. The van der Waals surface area contributed by atoms with Crippen molar-refractivity contribution in [3.63, 3.8) is 0 Å². The molecule has 90 valence electrons. The van der Waals surface area contributed by atoms with Gasteiger partial charge in [-0.1, -0.05) is 35.9 Å². The molecule has 17 heavy (non-hydrogen) atoms. The summed E-state index contributed by atoms with van der Waals surface area (Å²) in [6.07, 6.45) is 5.27. The molecular formula is C14H16O2S. The highest BCUT2D eigenvalue weighted by Gasteiger charge is 1.92. The molecule has 0 amide bonds. The Morgan fingerprint density at radius 2 is 2.00 bits per heavy atom.